The maximum atomic E-state index is 3.82. The molecule has 0 radical (unpaired) electrons. The third-order valence-corrected chi connectivity index (χ3v) is 4.74. The van der Waals surface area contributed by atoms with Gasteiger partial charge in [-0.3, -0.25) is 0 Å². The molecular formula is C16H32N2. The van der Waals surface area contributed by atoms with Crippen molar-refractivity contribution in [1.29, 1.82) is 0 Å². The van der Waals surface area contributed by atoms with Gasteiger partial charge in [-0.15, -0.1) is 0 Å². The number of rotatable bonds is 6. The smallest absolute Gasteiger partial charge is 0.00695 e. The quantitative estimate of drug-likeness (QED) is 0.754. The van der Waals surface area contributed by atoms with E-state index < -0.39 is 0 Å². The second-order valence-corrected chi connectivity index (χ2v) is 6.48. The van der Waals surface area contributed by atoms with Crippen molar-refractivity contribution in [3.05, 3.63) is 0 Å². The molecule has 2 rings (SSSR count). The first-order chi connectivity index (χ1) is 8.84. The summed E-state index contributed by atoms with van der Waals surface area (Å²) in [4.78, 5) is 0. The molecule has 1 unspecified atom stereocenters. The minimum atomic E-state index is 0.684. The van der Waals surface area contributed by atoms with Crippen molar-refractivity contribution in [2.24, 2.45) is 0 Å². The van der Waals surface area contributed by atoms with Crippen molar-refractivity contribution in [3.8, 4) is 0 Å². The first-order valence-electron chi connectivity index (χ1n) is 8.34. The van der Waals surface area contributed by atoms with Crippen LogP contribution in [0, 0.1) is 0 Å². The van der Waals surface area contributed by atoms with Crippen LogP contribution in [-0.2, 0) is 0 Å². The Hall–Kier alpha value is -0.0800. The van der Waals surface area contributed by atoms with E-state index in [9.17, 15) is 0 Å². The van der Waals surface area contributed by atoms with Gasteiger partial charge in [0.25, 0.3) is 0 Å². The molecule has 0 saturated heterocycles. The van der Waals surface area contributed by atoms with Crippen LogP contribution in [0.1, 0.15) is 77.6 Å². The average Bonchev–Trinajstić information content (AvgIpc) is 2.41. The lowest BCUT2D eigenvalue weighted by Gasteiger charge is -2.28. The van der Waals surface area contributed by atoms with Crippen LogP contribution >= 0.6 is 0 Å². The molecule has 0 spiro atoms. The SMILES string of the molecule is CC(CCNC1CCCCC1)NC1CCCCC1. The highest BCUT2D eigenvalue weighted by molar-refractivity contribution is 4.77. The molecule has 18 heavy (non-hydrogen) atoms. The van der Waals surface area contributed by atoms with Crippen molar-refractivity contribution in [1.82, 2.24) is 10.6 Å². The molecule has 0 aromatic carbocycles. The molecule has 1 atom stereocenters. The zero-order valence-electron chi connectivity index (χ0n) is 12.2. The van der Waals surface area contributed by atoms with Gasteiger partial charge in [0.15, 0.2) is 0 Å². The molecule has 2 heteroatoms. The van der Waals surface area contributed by atoms with Crippen LogP contribution in [0.5, 0.6) is 0 Å². The van der Waals surface area contributed by atoms with Crippen LogP contribution in [-0.4, -0.2) is 24.7 Å². The minimum Gasteiger partial charge on any atom is -0.314 e. The van der Waals surface area contributed by atoms with Crippen molar-refractivity contribution in [2.45, 2.75) is 95.7 Å². The van der Waals surface area contributed by atoms with Gasteiger partial charge in [-0.1, -0.05) is 38.5 Å². The fourth-order valence-corrected chi connectivity index (χ4v) is 3.57. The van der Waals surface area contributed by atoms with Gasteiger partial charge < -0.3 is 10.6 Å². The van der Waals surface area contributed by atoms with Crippen LogP contribution in [0.2, 0.25) is 0 Å². The zero-order valence-corrected chi connectivity index (χ0v) is 12.2. The highest BCUT2D eigenvalue weighted by atomic mass is 15.0. The summed E-state index contributed by atoms with van der Waals surface area (Å²) in [6, 6.07) is 2.31. The molecule has 2 saturated carbocycles. The normalized spacial score (nSPS) is 25.2. The molecule has 106 valence electrons. The molecular weight excluding hydrogens is 220 g/mol. The van der Waals surface area contributed by atoms with E-state index in [1.165, 1.54) is 77.2 Å². The monoisotopic (exact) mass is 252 g/mol. The van der Waals surface area contributed by atoms with E-state index in [0.717, 1.165) is 12.1 Å². The number of hydrogen-bond donors (Lipinski definition) is 2. The Balaban J connectivity index is 1.52. The number of nitrogens with one attached hydrogen (secondary N) is 2. The highest BCUT2D eigenvalue weighted by Crippen LogP contribution is 2.19. The first kappa shape index (κ1) is 14.3. The summed E-state index contributed by atoms with van der Waals surface area (Å²) in [5.41, 5.74) is 0. The Bertz CT molecular complexity index is 205. The molecule has 2 N–H and O–H groups in total. The molecule has 2 aliphatic carbocycles. The summed E-state index contributed by atoms with van der Waals surface area (Å²) in [6.45, 7) is 3.56. The predicted molar refractivity (Wildman–Crippen MR) is 79.0 cm³/mol. The van der Waals surface area contributed by atoms with E-state index in [-0.39, 0.29) is 0 Å². The Morgan fingerprint density at radius 2 is 1.39 bits per heavy atom. The van der Waals surface area contributed by atoms with Gasteiger partial charge in [0.05, 0.1) is 0 Å². The van der Waals surface area contributed by atoms with Gasteiger partial charge in [-0.25, -0.2) is 0 Å². The topological polar surface area (TPSA) is 24.1 Å². The summed E-state index contributed by atoms with van der Waals surface area (Å²) < 4.78 is 0. The van der Waals surface area contributed by atoms with Crippen LogP contribution < -0.4 is 10.6 Å². The van der Waals surface area contributed by atoms with Gasteiger partial charge in [-0.05, 0) is 45.6 Å². The minimum absolute atomic E-state index is 0.684. The predicted octanol–water partition coefficient (Wildman–Crippen LogP) is 3.61. The van der Waals surface area contributed by atoms with E-state index in [1.807, 2.05) is 0 Å². The number of hydrogen-bond acceptors (Lipinski definition) is 2. The van der Waals surface area contributed by atoms with Crippen LogP contribution in [0.3, 0.4) is 0 Å². The van der Waals surface area contributed by atoms with Crippen molar-refractivity contribution in [2.75, 3.05) is 6.54 Å². The van der Waals surface area contributed by atoms with E-state index in [2.05, 4.69) is 17.6 Å². The molecule has 2 aliphatic rings. The van der Waals surface area contributed by atoms with E-state index >= 15 is 0 Å². The summed E-state index contributed by atoms with van der Waals surface area (Å²) in [5, 5.41) is 7.57. The first-order valence-corrected chi connectivity index (χ1v) is 8.34. The van der Waals surface area contributed by atoms with Crippen molar-refractivity contribution < 1.29 is 0 Å². The standard InChI is InChI=1S/C16H32N2/c1-14(18-16-10-6-3-7-11-16)12-13-17-15-8-4-2-5-9-15/h14-18H,2-13H2,1H3. The van der Waals surface area contributed by atoms with Gasteiger partial charge in [0.1, 0.15) is 0 Å². The summed E-state index contributed by atoms with van der Waals surface area (Å²) >= 11 is 0. The second-order valence-electron chi connectivity index (χ2n) is 6.48. The van der Waals surface area contributed by atoms with E-state index in [1.54, 1.807) is 0 Å². The lowest BCUT2D eigenvalue weighted by molar-refractivity contribution is 0.323. The van der Waals surface area contributed by atoms with Gasteiger partial charge in [0, 0.05) is 18.1 Å². The molecule has 0 aromatic heterocycles. The Morgan fingerprint density at radius 1 is 0.833 bits per heavy atom. The van der Waals surface area contributed by atoms with Crippen LogP contribution in [0.4, 0.5) is 0 Å². The zero-order chi connectivity index (χ0) is 12.6. The fourth-order valence-electron chi connectivity index (χ4n) is 3.57. The van der Waals surface area contributed by atoms with Crippen LogP contribution in [0.25, 0.3) is 0 Å². The third-order valence-electron chi connectivity index (χ3n) is 4.74. The van der Waals surface area contributed by atoms with Gasteiger partial charge in [-0.2, -0.15) is 0 Å². The van der Waals surface area contributed by atoms with Crippen molar-refractivity contribution in [3.63, 3.8) is 0 Å². The lowest BCUT2D eigenvalue weighted by atomic mass is 9.94. The molecule has 2 nitrogen and oxygen atoms in total. The lowest BCUT2D eigenvalue weighted by Crippen LogP contribution is -2.40. The van der Waals surface area contributed by atoms with Crippen LogP contribution in [0.15, 0.2) is 0 Å². The second kappa shape index (κ2) is 8.16. The third kappa shape index (κ3) is 5.27. The molecule has 0 amide bonds. The Labute approximate surface area is 113 Å². The maximum Gasteiger partial charge on any atom is 0.00695 e. The molecule has 0 aliphatic heterocycles. The molecule has 0 bridgehead atoms. The summed E-state index contributed by atoms with van der Waals surface area (Å²) in [6.07, 6.45) is 15.6. The Morgan fingerprint density at radius 3 is 2.00 bits per heavy atom. The van der Waals surface area contributed by atoms with E-state index in [0.29, 0.717) is 6.04 Å². The summed E-state index contributed by atoms with van der Waals surface area (Å²) in [5.74, 6) is 0. The molecule has 2 fully saturated rings. The Kier molecular flexibility index (Phi) is 6.50. The van der Waals surface area contributed by atoms with Gasteiger partial charge >= 0.3 is 0 Å². The van der Waals surface area contributed by atoms with E-state index in [4.69, 9.17) is 0 Å². The largest absolute Gasteiger partial charge is 0.314 e. The summed E-state index contributed by atoms with van der Waals surface area (Å²) in [7, 11) is 0. The van der Waals surface area contributed by atoms with Crippen molar-refractivity contribution >= 4 is 0 Å². The fraction of sp³-hybridized carbons (Fsp3) is 1.00. The molecule has 0 aromatic rings. The molecule has 0 heterocycles. The van der Waals surface area contributed by atoms with Gasteiger partial charge in [0.2, 0.25) is 0 Å². The average molecular weight is 252 g/mol. The highest BCUT2D eigenvalue weighted by Gasteiger charge is 2.16. The maximum absolute atomic E-state index is 3.82.